The van der Waals surface area contributed by atoms with Crippen LogP contribution in [0, 0.1) is 0 Å². The molecule has 0 aliphatic carbocycles. The van der Waals surface area contributed by atoms with Gasteiger partial charge in [0.2, 0.25) is 0 Å². The van der Waals surface area contributed by atoms with E-state index in [2.05, 4.69) is 194 Å². The van der Waals surface area contributed by atoms with E-state index in [4.69, 9.17) is 0 Å². The Morgan fingerprint density at radius 1 is 0.236 bits per heavy atom. The lowest BCUT2D eigenvalue weighted by Gasteiger charge is -2.18. The van der Waals surface area contributed by atoms with E-state index in [1.165, 1.54) is 118 Å². The summed E-state index contributed by atoms with van der Waals surface area (Å²) in [5.41, 5.74) is 7.55. The molecule has 0 aliphatic rings. The summed E-state index contributed by atoms with van der Waals surface area (Å²) in [7, 11) is 0. The van der Waals surface area contributed by atoms with Crippen molar-refractivity contribution in [3.63, 3.8) is 0 Å². The zero-order valence-electron chi connectivity index (χ0n) is 29.9. The maximum absolute atomic E-state index is 2.45. The molecule has 0 fully saturated rings. The van der Waals surface area contributed by atoms with Gasteiger partial charge < -0.3 is 0 Å². The number of thiophene rings is 1. The number of hydrogen-bond acceptors (Lipinski definition) is 1. The first-order valence-electron chi connectivity index (χ1n) is 19.0. The van der Waals surface area contributed by atoms with Gasteiger partial charge in [-0.15, -0.1) is 11.3 Å². The van der Waals surface area contributed by atoms with Gasteiger partial charge in [0.15, 0.2) is 0 Å². The van der Waals surface area contributed by atoms with E-state index in [1.807, 2.05) is 11.3 Å². The molecule has 254 valence electrons. The van der Waals surface area contributed by atoms with Gasteiger partial charge in [-0.2, -0.15) is 0 Å². The zero-order valence-corrected chi connectivity index (χ0v) is 30.7. The van der Waals surface area contributed by atoms with Crippen molar-refractivity contribution in [2.24, 2.45) is 0 Å². The quantitative estimate of drug-likeness (QED) is 0.160. The van der Waals surface area contributed by atoms with E-state index in [0.29, 0.717) is 0 Å². The lowest BCUT2D eigenvalue weighted by atomic mass is 9.85. The average Bonchev–Trinajstić information content (AvgIpc) is 3.65. The molecule has 1 heteroatoms. The van der Waals surface area contributed by atoms with E-state index in [1.54, 1.807) is 0 Å². The Kier molecular flexibility index (Phi) is 6.60. The van der Waals surface area contributed by atoms with Crippen LogP contribution >= 0.6 is 11.3 Å². The van der Waals surface area contributed by atoms with Crippen molar-refractivity contribution in [2.75, 3.05) is 0 Å². The summed E-state index contributed by atoms with van der Waals surface area (Å²) in [5, 5.41) is 18.2. The summed E-state index contributed by atoms with van der Waals surface area (Å²) >= 11 is 1.90. The van der Waals surface area contributed by atoms with E-state index >= 15 is 0 Å². The minimum absolute atomic E-state index is 1.23. The third-order valence-corrected chi connectivity index (χ3v) is 13.1. The fourth-order valence-electron chi connectivity index (χ4n) is 9.39. The van der Waals surface area contributed by atoms with Gasteiger partial charge in [-0.1, -0.05) is 176 Å². The fourth-order valence-corrected chi connectivity index (χ4v) is 10.6. The van der Waals surface area contributed by atoms with Crippen LogP contribution in [0.5, 0.6) is 0 Å². The van der Waals surface area contributed by atoms with Crippen LogP contribution in [0.1, 0.15) is 0 Å². The van der Waals surface area contributed by atoms with E-state index < -0.39 is 0 Å². The van der Waals surface area contributed by atoms with Gasteiger partial charge in [-0.05, 0) is 111 Å². The highest BCUT2D eigenvalue weighted by atomic mass is 32.1. The topological polar surface area (TPSA) is 0 Å². The highest BCUT2D eigenvalue weighted by Crippen LogP contribution is 2.47. The SMILES string of the molecule is c1ccc(-c2ccc3c(c2)c2ccccc2c2c4ccc(-c5ccc(-c6cccc7c6sc6ccccc67)c6ccccc56)cc4c4ccccc4c32)cc1. The predicted molar refractivity (Wildman–Crippen MR) is 241 cm³/mol. The van der Waals surface area contributed by atoms with Crippen LogP contribution in [0.15, 0.2) is 194 Å². The standard InChI is InChI=1S/C54H32S/c1-2-13-33(14-3-1)34-25-27-45-49(31-34)39-17-6-8-20-43(39)53-46-28-26-35(32-50(46)40-18-7-9-21-44(40)52(45)53)36-29-30-41(38-16-5-4-15-37(36)38)47-22-12-23-48-42-19-10-11-24-51(42)55-54(47)48/h1-32H. The van der Waals surface area contributed by atoms with Crippen LogP contribution in [-0.4, -0.2) is 0 Å². The Balaban J connectivity index is 1.12. The molecule has 0 N–H and O–H groups in total. The second kappa shape index (κ2) is 11.9. The minimum atomic E-state index is 1.23. The first kappa shape index (κ1) is 30.6. The Labute approximate surface area is 322 Å². The molecule has 0 amide bonds. The van der Waals surface area contributed by atoms with Crippen molar-refractivity contribution in [1.82, 2.24) is 0 Å². The first-order valence-corrected chi connectivity index (χ1v) is 19.8. The van der Waals surface area contributed by atoms with Crippen LogP contribution in [0.2, 0.25) is 0 Å². The van der Waals surface area contributed by atoms with E-state index in [0.717, 1.165) is 0 Å². The summed E-state index contributed by atoms with van der Waals surface area (Å²) in [6, 6.07) is 72.2. The van der Waals surface area contributed by atoms with Gasteiger partial charge in [0, 0.05) is 25.7 Å². The molecule has 0 saturated carbocycles. The van der Waals surface area contributed by atoms with Crippen molar-refractivity contribution in [3.05, 3.63) is 194 Å². The fraction of sp³-hybridized carbons (Fsp3) is 0. The number of benzene rings is 11. The molecule has 12 rings (SSSR count). The molecule has 1 aromatic heterocycles. The van der Waals surface area contributed by atoms with Crippen molar-refractivity contribution < 1.29 is 0 Å². The highest BCUT2D eigenvalue weighted by Gasteiger charge is 2.19. The summed E-state index contributed by atoms with van der Waals surface area (Å²) in [6.07, 6.45) is 0. The molecule has 0 saturated heterocycles. The van der Waals surface area contributed by atoms with Crippen LogP contribution in [-0.2, 0) is 0 Å². The largest absolute Gasteiger partial charge is 0.135 e. The van der Waals surface area contributed by atoms with Gasteiger partial charge in [0.05, 0.1) is 0 Å². The molecule has 0 spiro atoms. The van der Waals surface area contributed by atoms with E-state index in [-0.39, 0.29) is 0 Å². The molecule has 0 radical (unpaired) electrons. The van der Waals surface area contributed by atoms with Gasteiger partial charge in [-0.25, -0.2) is 0 Å². The maximum Gasteiger partial charge on any atom is 0.0434 e. The zero-order chi connectivity index (χ0) is 36.0. The number of hydrogen-bond donors (Lipinski definition) is 0. The van der Waals surface area contributed by atoms with Crippen LogP contribution < -0.4 is 0 Å². The summed E-state index contributed by atoms with van der Waals surface area (Å²) in [6.45, 7) is 0. The summed E-state index contributed by atoms with van der Waals surface area (Å²) in [5.74, 6) is 0. The first-order chi connectivity index (χ1) is 27.3. The maximum atomic E-state index is 2.45. The lowest BCUT2D eigenvalue weighted by Crippen LogP contribution is -1.90. The second-order valence-electron chi connectivity index (χ2n) is 14.7. The van der Waals surface area contributed by atoms with Gasteiger partial charge in [0.25, 0.3) is 0 Å². The normalized spacial score (nSPS) is 12.0. The van der Waals surface area contributed by atoms with E-state index in [9.17, 15) is 0 Å². The third kappa shape index (κ3) is 4.51. The van der Waals surface area contributed by atoms with Crippen molar-refractivity contribution >= 4 is 96.1 Å². The summed E-state index contributed by atoms with van der Waals surface area (Å²) in [4.78, 5) is 0. The Morgan fingerprint density at radius 3 is 1.42 bits per heavy atom. The molecule has 0 bridgehead atoms. The second-order valence-corrected chi connectivity index (χ2v) is 15.8. The van der Waals surface area contributed by atoms with Crippen molar-refractivity contribution in [1.29, 1.82) is 0 Å². The predicted octanol–water partition coefficient (Wildman–Crippen LogP) is 16.0. The van der Waals surface area contributed by atoms with Crippen molar-refractivity contribution in [2.45, 2.75) is 0 Å². The molecular weight excluding hydrogens is 681 g/mol. The van der Waals surface area contributed by atoms with Gasteiger partial charge in [0.1, 0.15) is 0 Å². The van der Waals surface area contributed by atoms with Gasteiger partial charge in [-0.3, -0.25) is 0 Å². The number of fused-ring (bicyclic) bond motifs is 15. The summed E-state index contributed by atoms with van der Waals surface area (Å²) < 4.78 is 2.68. The molecule has 11 aromatic carbocycles. The molecule has 0 atom stereocenters. The Morgan fingerprint density at radius 2 is 0.727 bits per heavy atom. The van der Waals surface area contributed by atoms with Gasteiger partial charge >= 0.3 is 0 Å². The number of rotatable bonds is 3. The molecular formula is C54H32S. The van der Waals surface area contributed by atoms with Crippen LogP contribution in [0.25, 0.3) is 118 Å². The Bertz CT molecular complexity index is 3530. The average molecular weight is 713 g/mol. The molecule has 0 unspecified atom stereocenters. The van der Waals surface area contributed by atoms with Crippen LogP contribution in [0.4, 0.5) is 0 Å². The lowest BCUT2D eigenvalue weighted by molar-refractivity contribution is 1.65. The molecule has 1 heterocycles. The molecule has 55 heavy (non-hydrogen) atoms. The smallest absolute Gasteiger partial charge is 0.0434 e. The third-order valence-electron chi connectivity index (χ3n) is 11.8. The molecule has 12 aromatic rings. The Hall–Kier alpha value is -6.80. The van der Waals surface area contributed by atoms with Crippen molar-refractivity contribution in [3.8, 4) is 33.4 Å². The molecule has 0 nitrogen and oxygen atoms in total. The molecule has 0 aliphatic heterocycles. The minimum Gasteiger partial charge on any atom is -0.135 e. The van der Waals surface area contributed by atoms with Crippen LogP contribution in [0.3, 0.4) is 0 Å². The highest BCUT2D eigenvalue weighted by molar-refractivity contribution is 7.26. The monoisotopic (exact) mass is 712 g/mol.